The van der Waals surface area contributed by atoms with Crippen LogP contribution >= 0.6 is 12.0 Å². The van der Waals surface area contributed by atoms with E-state index in [9.17, 15) is 0 Å². The second-order valence-corrected chi connectivity index (χ2v) is 4.91. The summed E-state index contributed by atoms with van der Waals surface area (Å²) in [6, 6.07) is 0.635. The molecule has 2 nitrogen and oxygen atoms in total. The molecule has 0 bridgehead atoms. The molecule has 0 rings (SSSR count). The normalized spacial score (nSPS) is 13.0. The first kappa shape index (κ1) is 15.3. The quantitative estimate of drug-likeness (QED) is 0.419. The molecule has 0 aliphatic rings. The summed E-state index contributed by atoms with van der Waals surface area (Å²) >= 11 is 0.940. The average molecular weight is 233 g/mol. The van der Waals surface area contributed by atoms with E-state index in [0.717, 1.165) is 30.8 Å². The molecule has 2 N–H and O–H groups in total. The van der Waals surface area contributed by atoms with Gasteiger partial charge in [-0.1, -0.05) is 39.0 Å². The van der Waals surface area contributed by atoms with Crippen molar-refractivity contribution < 1.29 is 4.55 Å². The fraction of sp³-hybridized carbons (Fsp3) is 1.00. The zero-order chi connectivity index (χ0) is 11.4. The number of unbranched alkanes of at least 4 members (excludes halogenated alkanes) is 4. The summed E-state index contributed by atoms with van der Waals surface area (Å²) in [5.74, 6) is 0.843. The van der Waals surface area contributed by atoms with E-state index in [1.54, 1.807) is 0 Å². The number of hydrogen-bond acceptors (Lipinski definition) is 3. The minimum Gasteiger partial charge on any atom is -0.330 e. The van der Waals surface area contributed by atoms with Gasteiger partial charge >= 0.3 is 0 Å². The maximum atomic E-state index is 8.54. The topological polar surface area (TPSA) is 32.3 Å². The SMILES string of the molecule is CCCCCCCC(C)NCCCSO. The van der Waals surface area contributed by atoms with Crippen LogP contribution < -0.4 is 5.32 Å². The molecule has 0 saturated heterocycles. The van der Waals surface area contributed by atoms with Crippen molar-refractivity contribution in [1.82, 2.24) is 5.32 Å². The summed E-state index contributed by atoms with van der Waals surface area (Å²) in [7, 11) is 0. The molecule has 0 aliphatic carbocycles. The van der Waals surface area contributed by atoms with Crippen molar-refractivity contribution in [2.75, 3.05) is 12.3 Å². The first-order valence-electron chi connectivity index (χ1n) is 6.31. The van der Waals surface area contributed by atoms with E-state index in [0.29, 0.717) is 6.04 Å². The van der Waals surface area contributed by atoms with E-state index in [2.05, 4.69) is 19.2 Å². The van der Waals surface area contributed by atoms with Crippen molar-refractivity contribution in [3.63, 3.8) is 0 Å². The number of rotatable bonds is 11. The minimum absolute atomic E-state index is 0.635. The van der Waals surface area contributed by atoms with Crippen LogP contribution in [0, 0.1) is 0 Å². The van der Waals surface area contributed by atoms with Crippen molar-refractivity contribution in [3.05, 3.63) is 0 Å². The van der Waals surface area contributed by atoms with Crippen LogP contribution in [0.15, 0.2) is 0 Å². The Morgan fingerprint density at radius 1 is 1.13 bits per heavy atom. The Labute approximate surface area is 99.4 Å². The molecule has 15 heavy (non-hydrogen) atoms. The van der Waals surface area contributed by atoms with Gasteiger partial charge in [-0.05, 0) is 38.4 Å². The van der Waals surface area contributed by atoms with Crippen LogP contribution in [0.4, 0.5) is 0 Å². The Kier molecular flexibility index (Phi) is 12.6. The summed E-state index contributed by atoms with van der Waals surface area (Å²) in [6.07, 6.45) is 9.18. The molecule has 1 atom stereocenters. The summed E-state index contributed by atoms with van der Waals surface area (Å²) in [5.41, 5.74) is 0. The number of nitrogens with one attached hydrogen (secondary N) is 1. The summed E-state index contributed by atoms with van der Waals surface area (Å²) < 4.78 is 8.54. The predicted molar refractivity (Wildman–Crippen MR) is 70.5 cm³/mol. The molecular formula is C12H27NOS. The zero-order valence-electron chi connectivity index (χ0n) is 10.3. The maximum Gasteiger partial charge on any atom is 0.0207 e. The molecule has 0 amide bonds. The second-order valence-electron chi connectivity index (χ2n) is 4.24. The van der Waals surface area contributed by atoms with E-state index < -0.39 is 0 Å². The van der Waals surface area contributed by atoms with Crippen LogP contribution in [-0.2, 0) is 0 Å². The van der Waals surface area contributed by atoms with Crippen molar-refractivity contribution >= 4 is 12.0 Å². The Hall–Kier alpha value is 0.270. The fourth-order valence-electron chi connectivity index (χ4n) is 1.64. The molecule has 0 aromatic carbocycles. The lowest BCUT2D eigenvalue weighted by Gasteiger charge is -2.13. The first-order chi connectivity index (χ1) is 7.31. The Balaban J connectivity index is 3.08. The summed E-state index contributed by atoms with van der Waals surface area (Å²) in [5, 5.41) is 3.48. The van der Waals surface area contributed by atoms with E-state index in [1.807, 2.05) is 0 Å². The third kappa shape index (κ3) is 12.2. The highest BCUT2D eigenvalue weighted by Crippen LogP contribution is 2.07. The van der Waals surface area contributed by atoms with E-state index in [1.165, 1.54) is 38.5 Å². The molecule has 0 aromatic rings. The van der Waals surface area contributed by atoms with Crippen molar-refractivity contribution in [2.24, 2.45) is 0 Å². The molecule has 3 heteroatoms. The monoisotopic (exact) mass is 233 g/mol. The van der Waals surface area contributed by atoms with Crippen LogP contribution in [-0.4, -0.2) is 22.9 Å². The highest BCUT2D eigenvalue weighted by Gasteiger charge is 2.00. The predicted octanol–water partition coefficient (Wildman–Crippen LogP) is 3.92. The smallest absolute Gasteiger partial charge is 0.0207 e. The third-order valence-electron chi connectivity index (χ3n) is 2.65. The van der Waals surface area contributed by atoms with Gasteiger partial charge in [-0.3, -0.25) is 0 Å². The van der Waals surface area contributed by atoms with Gasteiger partial charge in [-0.25, -0.2) is 0 Å². The van der Waals surface area contributed by atoms with Gasteiger partial charge in [-0.15, -0.1) is 0 Å². The lowest BCUT2D eigenvalue weighted by atomic mass is 10.1. The highest BCUT2D eigenvalue weighted by molar-refractivity contribution is 7.93. The standard InChI is InChI=1S/C12H27NOS/c1-3-4-5-6-7-9-12(2)13-10-8-11-15-14/h12-14H,3-11H2,1-2H3. The van der Waals surface area contributed by atoms with Crippen LogP contribution in [0.2, 0.25) is 0 Å². The zero-order valence-corrected chi connectivity index (χ0v) is 11.1. The average Bonchev–Trinajstić information content (AvgIpc) is 2.24. The minimum atomic E-state index is 0.635. The molecule has 1 unspecified atom stereocenters. The molecule has 0 spiro atoms. The lowest BCUT2D eigenvalue weighted by molar-refractivity contribution is 0.480. The highest BCUT2D eigenvalue weighted by atomic mass is 32.2. The molecule has 0 aliphatic heterocycles. The Morgan fingerprint density at radius 3 is 2.53 bits per heavy atom. The van der Waals surface area contributed by atoms with Gasteiger partial charge in [0.25, 0.3) is 0 Å². The van der Waals surface area contributed by atoms with Crippen LogP contribution in [0.3, 0.4) is 0 Å². The summed E-state index contributed by atoms with van der Waals surface area (Å²) in [4.78, 5) is 0. The Morgan fingerprint density at radius 2 is 1.87 bits per heavy atom. The molecule has 0 fully saturated rings. The first-order valence-corrected chi connectivity index (χ1v) is 7.25. The molecule has 0 radical (unpaired) electrons. The maximum absolute atomic E-state index is 8.54. The fourth-order valence-corrected chi connectivity index (χ4v) is 1.91. The van der Waals surface area contributed by atoms with Gasteiger partial charge < -0.3 is 9.87 Å². The summed E-state index contributed by atoms with van der Waals surface area (Å²) in [6.45, 7) is 5.54. The molecule has 0 heterocycles. The van der Waals surface area contributed by atoms with Crippen LogP contribution in [0.5, 0.6) is 0 Å². The molecule has 92 valence electrons. The van der Waals surface area contributed by atoms with Crippen LogP contribution in [0.25, 0.3) is 0 Å². The van der Waals surface area contributed by atoms with Crippen molar-refractivity contribution in [3.8, 4) is 0 Å². The number of hydrogen-bond donors (Lipinski definition) is 2. The Bertz CT molecular complexity index is 122. The van der Waals surface area contributed by atoms with Crippen LogP contribution in [0.1, 0.15) is 58.8 Å². The van der Waals surface area contributed by atoms with E-state index >= 15 is 0 Å². The molecular weight excluding hydrogens is 206 g/mol. The van der Waals surface area contributed by atoms with E-state index in [4.69, 9.17) is 4.55 Å². The molecule has 0 aromatic heterocycles. The van der Waals surface area contributed by atoms with E-state index in [-0.39, 0.29) is 0 Å². The van der Waals surface area contributed by atoms with Gasteiger partial charge in [0.05, 0.1) is 0 Å². The van der Waals surface area contributed by atoms with Crippen molar-refractivity contribution in [1.29, 1.82) is 0 Å². The van der Waals surface area contributed by atoms with Gasteiger partial charge in [0, 0.05) is 11.8 Å². The second kappa shape index (κ2) is 12.3. The third-order valence-corrected chi connectivity index (χ3v) is 3.12. The van der Waals surface area contributed by atoms with Gasteiger partial charge in [0.15, 0.2) is 0 Å². The van der Waals surface area contributed by atoms with Crippen molar-refractivity contribution in [2.45, 2.75) is 64.8 Å². The van der Waals surface area contributed by atoms with Gasteiger partial charge in [0.2, 0.25) is 0 Å². The van der Waals surface area contributed by atoms with Gasteiger partial charge in [-0.2, -0.15) is 0 Å². The van der Waals surface area contributed by atoms with Gasteiger partial charge in [0.1, 0.15) is 0 Å². The molecule has 0 saturated carbocycles. The largest absolute Gasteiger partial charge is 0.330 e. The lowest BCUT2D eigenvalue weighted by Crippen LogP contribution is -2.27.